The third-order valence-electron chi connectivity index (χ3n) is 3.74. The molecule has 0 aliphatic rings. The Hall–Kier alpha value is -2.66. The number of rotatable bonds is 5. The molecule has 0 saturated carbocycles. The third-order valence-corrected chi connectivity index (χ3v) is 3.74. The van der Waals surface area contributed by atoms with E-state index >= 15 is 0 Å². The van der Waals surface area contributed by atoms with Crippen molar-refractivity contribution < 1.29 is 4.79 Å². The SMILES string of the molecule is CN(C)CCNC(=O)c1cccc(-c2ccnc3[nH]ccc23)c1. The monoisotopic (exact) mass is 308 g/mol. The molecule has 2 heterocycles. The van der Waals surface area contributed by atoms with Crippen LogP contribution in [0.4, 0.5) is 0 Å². The van der Waals surface area contributed by atoms with E-state index in [0.29, 0.717) is 12.1 Å². The molecule has 5 heteroatoms. The first-order chi connectivity index (χ1) is 11.1. The van der Waals surface area contributed by atoms with E-state index < -0.39 is 0 Å². The van der Waals surface area contributed by atoms with Crippen LogP contribution in [0.2, 0.25) is 0 Å². The highest BCUT2D eigenvalue weighted by Gasteiger charge is 2.09. The van der Waals surface area contributed by atoms with Gasteiger partial charge in [-0.05, 0) is 49.5 Å². The topological polar surface area (TPSA) is 61.0 Å². The molecule has 1 aromatic carbocycles. The molecule has 118 valence electrons. The molecule has 0 radical (unpaired) electrons. The van der Waals surface area contributed by atoms with Crippen LogP contribution in [0.25, 0.3) is 22.2 Å². The van der Waals surface area contributed by atoms with Crippen LogP contribution in [-0.4, -0.2) is 48.0 Å². The number of aromatic amines is 1. The number of benzene rings is 1. The van der Waals surface area contributed by atoms with Gasteiger partial charge in [0.05, 0.1) is 0 Å². The van der Waals surface area contributed by atoms with Gasteiger partial charge >= 0.3 is 0 Å². The second-order valence-electron chi connectivity index (χ2n) is 5.74. The van der Waals surface area contributed by atoms with Crippen molar-refractivity contribution in [1.82, 2.24) is 20.2 Å². The Bertz CT molecular complexity index is 823. The van der Waals surface area contributed by atoms with E-state index in [9.17, 15) is 4.79 Å². The number of nitrogens with one attached hydrogen (secondary N) is 2. The zero-order valence-corrected chi connectivity index (χ0v) is 13.3. The summed E-state index contributed by atoms with van der Waals surface area (Å²) in [6.45, 7) is 1.45. The quantitative estimate of drug-likeness (QED) is 0.761. The molecule has 1 amide bonds. The second-order valence-corrected chi connectivity index (χ2v) is 5.74. The van der Waals surface area contributed by atoms with Gasteiger partial charge in [0.2, 0.25) is 0 Å². The van der Waals surface area contributed by atoms with E-state index in [1.54, 1.807) is 6.20 Å². The normalized spacial score (nSPS) is 11.1. The van der Waals surface area contributed by atoms with Crippen molar-refractivity contribution in [3.63, 3.8) is 0 Å². The van der Waals surface area contributed by atoms with Crippen LogP contribution >= 0.6 is 0 Å². The van der Waals surface area contributed by atoms with Crippen molar-refractivity contribution in [3.05, 3.63) is 54.4 Å². The lowest BCUT2D eigenvalue weighted by atomic mass is 10.0. The summed E-state index contributed by atoms with van der Waals surface area (Å²) in [7, 11) is 3.97. The predicted octanol–water partition coefficient (Wildman–Crippen LogP) is 2.52. The van der Waals surface area contributed by atoms with Crippen LogP contribution in [0.15, 0.2) is 48.8 Å². The van der Waals surface area contributed by atoms with Crippen molar-refractivity contribution in [2.24, 2.45) is 0 Å². The molecule has 5 nitrogen and oxygen atoms in total. The predicted molar refractivity (Wildman–Crippen MR) is 92.4 cm³/mol. The fourth-order valence-electron chi connectivity index (χ4n) is 2.54. The largest absolute Gasteiger partial charge is 0.351 e. The number of nitrogens with zero attached hydrogens (tertiary/aromatic N) is 2. The van der Waals surface area contributed by atoms with Crippen molar-refractivity contribution in [1.29, 1.82) is 0 Å². The van der Waals surface area contributed by atoms with Gasteiger partial charge in [0.1, 0.15) is 5.65 Å². The zero-order chi connectivity index (χ0) is 16.2. The number of aromatic nitrogens is 2. The molecular weight excluding hydrogens is 288 g/mol. The summed E-state index contributed by atoms with van der Waals surface area (Å²) in [5.41, 5.74) is 3.60. The van der Waals surface area contributed by atoms with Gasteiger partial charge in [-0.15, -0.1) is 0 Å². The average Bonchev–Trinajstić information content (AvgIpc) is 3.03. The fourth-order valence-corrected chi connectivity index (χ4v) is 2.54. The molecule has 0 bridgehead atoms. The summed E-state index contributed by atoms with van der Waals surface area (Å²) in [4.78, 5) is 21.7. The molecule has 3 rings (SSSR count). The molecule has 2 aromatic heterocycles. The van der Waals surface area contributed by atoms with Crippen LogP contribution < -0.4 is 5.32 Å². The number of pyridine rings is 1. The molecule has 0 spiro atoms. The number of hydrogen-bond donors (Lipinski definition) is 2. The molecule has 23 heavy (non-hydrogen) atoms. The Morgan fingerprint density at radius 1 is 1.26 bits per heavy atom. The van der Waals surface area contributed by atoms with Crippen molar-refractivity contribution in [2.75, 3.05) is 27.2 Å². The Kier molecular flexibility index (Phi) is 4.39. The molecule has 0 atom stereocenters. The summed E-state index contributed by atoms with van der Waals surface area (Å²) >= 11 is 0. The number of hydrogen-bond acceptors (Lipinski definition) is 3. The number of amides is 1. The summed E-state index contributed by atoms with van der Waals surface area (Å²) in [5, 5.41) is 4.00. The Morgan fingerprint density at radius 3 is 2.96 bits per heavy atom. The van der Waals surface area contributed by atoms with Gasteiger partial charge in [0.25, 0.3) is 5.91 Å². The van der Waals surface area contributed by atoms with Gasteiger partial charge in [0, 0.05) is 36.4 Å². The number of H-pyrrole nitrogens is 1. The lowest BCUT2D eigenvalue weighted by Crippen LogP contribution is -2.31. The maximum atomic E-state index is 12.3. The smallest absolute Gasteiger partial charge is 0.251 e. The molecule has 0 unspecified atom stereocenters. The Labute approximate surface area is 135 Å². The van der Waals surface area contributed by atoms with E-state index in [-0.39, 0.29) is 5.91 Å². The van der Waals surface area contributed by atoms with E-state index in [1.165, 1.54) is 0 Å². The Balaban J connectivity index is 1.85. The minimum absolute atomic E-state index is 0.0481. The molecule has 2 N–H and O–H groups in total. The number of likely N-dealkylation sites (N-methyl/N-ethyl adjacent to an activating group) is 1. The van der Waals surface area contributed by atoms with Gasteiger partial charge in [-0.25, -0.2) is 4.98 Å². The molecular formula is C18H20N4O. The van der Waals surface area contributed by atoms with Crippen LogP contribution in [0, 0.1) is 0 Å². The fraction of sp³-hybridized carbons (Fsp3) is 0.222. The van der Waals surface area contributed by atoms with E-state index in [2.05, 4.69) is 15.3 Å². The molecule has 0 fully saturated rings. The second kappa shape index (κ2) is 6.62. The van der Waals surface area contributed by atoms with Crippen molar-refractivity contribution in [2.45, 2.75) is 0 Å². The van der Waals surface area contributed by atoms with Crippen LogP contribution in [0.1, 0.15) is 10.4 Å². The maximum Gasteiger partial charge on any atom is 0.251 e. The highest BCUT2D eigenvalue weighted by molar-refractivity contribution is 5.98. The lowest BCUT2D eigenvalue weighted by Gasteiger charge is -2.11. The van der Waals surface area contributed by atoms with Crippen LogP contribution in [0.3, 0.4) is 0 Å². The lowest BCUT2D eigenvalue weighted by molar-refractivity contribution is 0.0951. The highest BCUT2D eigenvalue weighted by atomic mass is 16.1. The minimum Gasteiger partial charge on any atom is -0.351 e. The number of fused-ring (bicyclic) bond motifs is 1. The zero-order valence-electron chi connectivity index (χ0n) is 13.3. The molecule has 0 saturated heterocycles. The highest BCUT2D eigenvalue weighted by Crippen LogP contribution is 2.27. The summed E-state index contributed by atoms with van der Waals surface area (Å²) in [6.07, 6.45) is 3.65. The molecule has 0 aliphatic carbocycles. The third kappa shape index (κ3) is 3.40. The van der Waals surface area contributed by atoms with Crippen molar-refractivity contribution >= 4 is 16.9 Å². The van der Waals surface area contributed by atoms with Crippen molar-refractivity contribution in [3.8, 4) is 11.1 Å². The van der Waals surface area contributed by atoms with E-state index in [0.717, 1.165) is 28.7 Å². The van der Waals surface area contributed by atoms with Gasteiger partial charge in [-0.3, -0.25) is 4.79 Å². The molecule has 0 aliphatic heterocycles. The molecule has 3 aromatic rings. The first-order valence-electron chi connectivity index (χ1n) is 7.60. The first-order valence-corrected chi connectivity index (χ1v) is 7.60. The standard InChI is InChI=1S/C18H20N4O/c1-22(2)11-10-21-18(23)14-5-3-4-13(12-14)15-6-8-19-17-16(15)7-9-20-17/h3-9,12H,10-11H2,1-2H3,(H,19,20)(H,21,23). The van der Waals surface area contributed by atoms with E-state index in [1.807, 2.05) is 61.6 Å². The van der Waals surface area contributed by atoms with Crippen LogP contribution in [0.5, 0.6) is 0 Å². The first kappa shape index (κ1) is 15.2. The Morgan fingerprint density at radius 2 is 2.13 bits per heavy atom. The number of carbonyl (C=O) groups is 1. The van der Waals surface area contributed by atoms with Crippen LogP contribution in [-0.2, 0) is 0 Å². The minimum atomic E-state index is -0.0481. The maximum absolute atomic E-state index is 12.3. The average molecular weight is 308 g/mol. The van der Waals surface area contributed by atoms with Gasteiger partial charge in [-0.2, -0.15) is 0 Å². The van der Waals surface area contributed by atoms with Gasteiger partial charge < -0.3 is 15.2 Å². The summed E-state index contributed by atoms with van der Waals surface area (Å²) < 4.78 is 0. The summed E-state index contributed by atoms with van der Waals surface area (Å²) in [6, 6.07) is 11.7. The van der Waals surface area contributed by atoms with Gasteiger partial charge in [-0.1, -0.05) is 12.1 Å². The summed E-state index contributed by atoms with van der Waals surface area (Å²) in [5.74, 6) is -0.0481. The van der Waals surface area contributed by atoms with E-state index in [4.69, 9.17) is 0 Å². The number of carbonyl (C=O) groups excluding carboxylic acids is 1. The van der Waals surface area contributed by atoms with Gasteiger partial charge in [0.15, 0.2) is 0 Å².